The van der Waals surface area contributed by atoms with Gasteiger partial charge >= 0.3 is 0 Å². The molecule has 0 atom stereocenters. The zero-order valence-electron chi connectivity index (χ0n) is 7.75. The molecular weight excluding hydrogens is 180 g/mol. The van der Waals surface area contributed by atoms with Gasteiger partial charge in [-0.3, -0.25) is 0 Å². The van der Waals surface area contributed by atoms with Gasteiger partial charge in [-0.05, 0) is 13.0 Å². The Balaban J connectivity index is 2.34. The molecule has 1 N–H and O–H groups in total. The molecule has 14 heavy (non-hydrogen) atoms. The number of aliphatic hydroxyl groups is 1. The molecule has 0 unspecified atom stereocenters. The number of hydrogen-bond donors (Lipinski definition) is 1. The van der Waals surface area contributed by atoms with Crippen LogP contribution in [0.5, 0.6) is 0 Å². The average molecular weight is 190 g/mol. The van der Waals surface area contributed by atoms with Gasteiger partial charge in [0.15, 0.2) is 0 Å². The summed E-state index contributed by atoms with van der Waals surface area (Å²) in [5, 5.41) is 13.0. The van der Waals surface area contributed by atoms with Gasteiger partial charge in [-0.1, -0.05) is 0 Å². The van der Waals surface area contributed by atoms with E-state index in [-0.39, 0.29) is 6.61 Å². The van der Waals surface area contributed by atoms with Crippen LogP contribution in [0.3, 0.4) is 0 Å². The summed E-state index contributed by atoms with van der Waals surface area (Å²) in [7, 11) is 0. The maximum atomic E-state index is 8.83. The fraction of sp³-hybridized carbons (Fsp3) is 0.222. The highest BCUT2D eigenvalue weighted by Gasteiger charge is 2.00. The first kappa shape index (κ1) is 8.83. The number of nitrogens with zero attached hydrogens (tertiary/aromatic N) is 4. The normalized spacial score (nSPS) is 10.4. The van der Waals surface area contributed by atoms with Gasteiger partial charge in [0.2, 0.25) is 0 Å². The Labute approximate surface area is 81.1 Å². The maximum Gasteiger partial charge on any atom is 0.125 e. The van der Waals surface area contributed by atoms with E-state index in [4.69, 9.17) is 5.11 Å². The van der Waals surface area contributed by atoms with Gasteiger partial charge in [-0.2, -0.15) is 5.10 Å². The van der Waals surface area contributed by atoms with E-state index in [2.05, 4.69) is 15.1 Å². The maximum absolute atomic E-state index is 8.83. The zero-order chi connectivity index (χ0) is 9.97. The topological polar surface area (TPSA) is 63.8 Å². The summed E-state index contributed by atoms with van der Waals surface area (Å²) < 4.78 is 1.63. The van der Waals surface area contributed by atoms with Gasteiger partial charge in [-0.25, -0.2) is 14.6 Å². The predicted molar refractivity (Wildman–Crippen MR) is 49.8 cm³/mol. The molecule has 2 heterocycles. The van der Waals surface area contributed by atoms with Crippen LogP contribution in [0.2, 0.25) is 0 Å². The van der Waals surface area contributed by atoms with Crippen LogP contribution in [-0.2, 0) is 6.61 Å². The van der Waals surface area contributed by atoms with Crippen molar-refractivity contribution in [3.05, 3.63) is 36.2 Å². The van der Waals surface area contributed by atoms with Crippen LogP contribution in [0.1, 0.15) is 11.5 Å². The van der Waals surface area contributed by atoms with Gasteiger partial charge in [0.05, 0.1) is 24.7 Å². The molecule has 0 radical (unpaired) electrons. The molecule has 0 amide bonds. The highest BCUT2D eigenvalue weighted by atomic mass is 16.3. The van der Waals surface area contributed by atoms with Gasteiger partial charge in [0.1, 0.15) is 11.5 Å². The Hall–Kier alpha value is -1.75. The third kappa shape index (κ3) is 1.62. The first-order chi connectivity index (χ1) is 6.79. The van der Waals surface area contributed by atoms with Crippen molar-refractivity contribution in [2.45, 2.75) is 13.5 Å². The van der Waals surface area contributed by atoms with Crippen LogP contribution in [0.25, 0.3) is 5.69 Å². The minimum absolute atomic E-state index is 0.0558. The third-order valence-electron chi connectivity index (χ3n) is 1.84. The Kier molecular flexibility index (Phi) is 2.24. The Morgan fingerprint density at radius 3 is 2.64 bits per heavy atom. The highest BCUT2D eigenvalue weighted by Crippen LogP contribution is 2.04. The standard InChI is InChI=1S/C9H10N4O/c1-7-10-4-9(5-11-7)13-3-2-8(6-14)12-13/h2-5,14H,6H2,1H3. The van der Waals surface area contributed by atoms with Gasteiger partial charge in [0.25, 0.3) is 0 Å². The lowest BCUT2D eigenvalue weighted by Gasteiger charge is -1.99. The molecule has 2 aromatic rings. The van der Waals surface area contributed by atoms with E-state index in [0.29, 0.717) is 5.69 Å². The van der Waals surface area contributed by atoms with Crippen molar-refractivity contribution in [3.63, 3.8) is 0 Å². The van der Waals surface area contributed by atoms with Crippen LogP contribution in [-0.4, -0.2) is 24.9 Å². The van der Waals surface area contributed by atoms with Gasteiger partial charge < -0.3 is 5.11 Å². The minimum atomic E-state index is -0.0558. The van der Waals surface area contributed by atoms with E-state index in [1.807, 2.05) is 6.92 Å². The number of aliphatic hydroxyl groups excluding tert-OH is 1. The molecule has 72 valence electrons. The van der Waals surface area contributed by atoms with E-state index in [1.165, 1.54) is 0 Å². The lowest BCUT2D eigenvalue weighted by Crippen LogP contribution is -1.98. The summed E-state index contributed by atoms with van der Waals surface area (Å²) in [6.07, 6.45) is 5.15. The Bertz CT molecular complexity index is 421. The quantitative estimate of drug-likeness (QED) is 0.747. The molecule has 0 aliphatic heterocycles. The van der Waals surface area contributed by atoms with Crippen molar-refractivity contribution in [1.29, 1.82) is 0 Å². The van der Waals surface area contributed by atoms with Crippen molar-refractivity contribution in [1.82, 2.24) is 19.7 Å². The second kappa shape index (κ2) is 3.55. The molecule has 0 aromatic carbocycles. The van der Waals surface area contributed by atoms with Crippen molar-refractivity contribution >= 4 is 0 Å². The smallest absolute Gasteiger partial charge is 0.125 e. The molecule has 2 aromatic heterocycles. The van der Waals surface area contributed by atoms with E-state index < -0.39 is 0 Å². The molecule has 0 spiro atoms. The van der Waals surface area contributed by atoms with E-state index in [1.54, 1.807) is 29.3 Å². The molecule has 0 saturated carbocycles. The summed E-state index contributed by atoms with van der Waals surface area (Å²) in [5.74, 6) is 0.725. The summed E-state index contributed by atoms with van der Waals surface area (Å²) >= 11 is 0. The fourth-order valence-electron chi connectivity index (χ4n) is 1.09. The first-order valence-corrected chi connectivity index (χ1v) is 4.24. The monoisotopic (exact) mass is 190 g/mol. The summed E-state index contributed by atoms with van der Waals surface area (Å²) in [6.45, 7) is 1.77. The molecule has 0 aliphatic rings. The van der Waals surface area contributed by atoms with Gasteiger partial charge in [0, 0.05) is 6.20 Å². The largest absolute Gasteiger partial charge is 0.390 e. The van der Waals surface area contributed by atoms with E-state index in [0.717, 1.165) is 11.5 Å². The molecule has 5 heteroatoms. The van der Waals surface area contributed by atoms with Crippen LogP contribution in [0.15, 0.2) is 24.7 Å². The highest BCUT2D eigenvalue weighted by molar-refractivity contribution is 5.24. The number of rotatable bonds is 2. The molecule has 0 bridgehead atoms. The van der Waals surface area contributed by atoms with Crippen LogP contribution < -0.4 is 0 Å². The van der Waals surface area contributed by atoms with E-state index >= 15 is 0 Å². The molecule has 0 saturated heterocycles. The molecule has 0 fully saturated rings. The SMILES string of the molecule is Cc1ncc(-n2ccc(CO)n2)cn1. The van der Waals surface area contributed by atoms with Crippen molar-refractivity contribution in [3.8, 4) is 5.69 Å². The summed E-state index contributed by atoms with van der Waals surface area (Å²) in [6, 6.07) is 1.75. The van der Waals surface area contributed by atoms with Crippen LogP contribution >= 0.6 is 0 Å². The van der Waals surface area contributed by atoms with Crippen LogP contribution in [0.4, 0.5) is 0 Å². The lowest BCUT2D eigenvalue weighted by atomic mass is 10.5. The lowest BCUT2D eigenvalue weighted by molar-refractivity contribution is 0.276. The Morgan fingerprint density at radius 1 is 1.36 bits per heavy atom. The summed E-state index contributed by atoms with van der Waals surface area (Å²) in [4.78, 5) is 8.11. The zero-order valence-corrected chi connectivity index (χ0v) is 7.75. The predicted octanol–water partition coefficient (Wildman–Crippen LogP) is 0.463. The minimum Gasteiger partial charge on any atom is -0.390 e. The Morgan fingerprint density at radius 2 is 2.07 bits per heavy atom. The second-order valence-corrected chi connectivity index (χ2v) is 2.90. The van der Waals surface area contributed by atoms with Crippen molar-refractivity contribution in [2.24, 2.45) is 0 Å². The summed E-state index contributed by atoms with van der Waals surface area (Å²) in [5.41, 5.74) is 1.42. The molecule has 5 nitrogen and oxygen atoms in total. The average Bonchev–Trinajstić information content (AvgIpc) is 2.67. The molecule has 2 rings (SSSR count). The molecular formula is C9H10N4O. The number of hydrogen-bond acceptors (Lipinski definition) is 4. The van der Waals surface area contributed by atoms with Crippen molar-refractivity contribution in [2.75, 3.05) is 0 Å². The van der Waals surface area contributed by atoms with Gasteiger partial charge in [-0.15, -0.1) is 0 Å². The second-order valence-electron chi connectivity index (χ2n) is 2.90. The first-order valence-electron chi connectivity index (χ1n) is 4.24. The van der Waals surface area contributed by atoms with Crippen molar-refractivity contribution < 1.29 is 5.11 Å². The fourth-order valence-corrected chi connectivity index (χ4v) is 1.09. The van der Waals surface area contributed by atoms with Crippen LogP contribution in [0, 0.1) is 6.92 Å². The number of aromatic nitrogens is 4. The molecule has 0 aliphatic carbocycles. The number of aryl methyl sites for hydroxylation is 1. The third-order valence-corrected chi connectivity index (χ3v) is 1.84. The van der Waals surface area contributed by atoms with E-state index in [9.17, 15) is 0 Å².